The van der Waals surface area contributed by atoms with E-state index in [0.29, 0.717) is 64.0 Å². The Morgan fingerprint density at radius 1 is 0.717 bits per heavy atom. The van der Waals surface area contributed by atoms with Crippen LogP contribution in [0.4, 0.5) is 0 Å². The van der Waals surface area contributed by atoms with Crippen LogP contribution in [0.15, 0.2) is 98.5 Å². The van der Waals surface area contributed by atoms with Crippen molar-refractivity contribution in [2.24, 2.45) is 0 Å². The summed E-state index contributed by atoms with van der Waals surface area (Å²) >= 11 is 12.9. The smallest absolute Gasteiger partial charge is 0.343 e. The minimum atomic E-state index is -0.497. The van der Waals surface area contributed by atoms with E-state index in [1.165, 1.54) is 12.5 Å². The Balaban J connectivity index is 1.09. The Hall–Kier alpha value is -4.79. The fourth-order valence-electron chi connectivity index (χ4n) is 5.93. The van der Waals surface area contributed by atoms with Crippen molar-refractivity contribution < 1.29 is 38.0 Å². The van der Waals surface area contributed by atoms with Crippen molar-refractivity contribution >= 4 is 29.2 Å². The third-order valence-electron chi connectivity index (χ3n) is 8.64. The van der Waals surface area contributed by atoms with Crippen molar-refractivity contribution in [1.29, 1.82) is 0 Å². The van der Waals surface area contributed by atoms with Crippen LogP contribution in [0.3, 0.4) is 0 Å². The maximum absolute atomic E-state index is 13.0. The molecule has 53 heavy (non-hydrogen) atoms. The highest BCUT2D eigenvalue weighted by atomic mass is 35.5. The number of benzene rings is 4. The molecule has 1 aliphatic carbocycles. The Kier molecular flexibility index (Phi) is 15.2. The van der Waals surface area contributed by atoms with Gasteiger partial charge in [0.05, 0.1) is 41.3 Å². The van der Waals surface area contributed by atoms with Crippen LogP contribution in [0.5, 0.6) is 28.7 Å². The monoisotopic (exact) mass is 760 g/mol. The molecule has 0 radical (unpaired) electrons. The van der Waals surface area contributed by atoms with Gasteiger partial charge in [0.25, 0.3) is 0 Å². The lowest BCUT2D eigenvalue weighted by Gasteiger charge is -2.19. The van der Waals surface area contributed by atoms with E-state index < -0.39 is 12.3 Å². The lowest BCUT2D eigenvalue weighted by Crippen LogP contribution is -2.18. The highest BCUT2D eigenvalue weighted by Crippen LogP contribution is 2.40. The number of unbranched alkanes of at least 4 members (excludes halogenated alkanes) is 5. The molecule has 10 heteroatoms. The summed E-state index contributed by atoms with van der Waals surface area (Å²) in [5, 5.41) is 0.770. The van der Waals surface area contributed by atoms with Crippen LogP contribution < -0.4 is 23.7 Å². The second-order valence-electron chi connectivity index (χ2n) is 12.5. The number of halogens is 2. The number of carbonyl (C=O) groups excluding carboxylic acids is 1. The molecule has 0 N–H and O–H groups in total. The van der Waals surface area contributed by atoms with Gasteiger partial charge in [0.15, 0.2) is 0 Å². The van der Waals surface area contributed by atoms with Crippen molar-refractivity contribution in [3.05, 3.63) is 125 Å². The molecule has 0 aromatic heterocycles. The number of hydrogen-bond donors (Lipinski definition) is 0. The number of carbonyl (C=O) groups is 1. The second kappa shape index (κ2) is 20.5. The van der Waals surface area contributed by atoms with Gasteiger partial charge in [-0.15, -0.1) is 0 Å². The lowest BCUT2D eigenvalue weighted by molar-refractivity contribution is -0.0359. The molecule has 4 aromatic rings. The van der Waals surface area contributed by atoms with Gasteiger partial charge in [0, 0.05) is 12.5 Å². The summed E-state index contributed by atoms with van der Waals surface area (Å²) in [6, 6.07) is 21.7. The van der Waals surface area contributed by atoms with Gasteiger partial charge in [0.2, 0.25) is 13.1 Å². The van der Waals surface area contributed by atoms with Gasteiger partial charge in [0.1, 0.15) is 28.7 Å². The van der Waals surface area contributed by atoms with Crippen LogP contribution in [-0.2, 0) is 15.9 Å². The van der Waals surface area contributed by atoms with Crippen LogP contribution in [0.1, 0.15) is 79.8 Å². The summed E-state index contributed by atoms with van der Waals surface area (Å²) in [6.45, 7) is 10.5. The zero-order valence-corrected chi connectivity index (χ0v) is 31.6. The fourth-order valence-corrected chi connectivity index (χ4v) is 6.38. The molecule has 8 nitrogen and oxygen atoms in total. The average molecular weight is 762 g/mol. The summed E-state index contributed by atoms with van der Waals surface area (Å²) in [4.78, 5) is 13.0. The zero-order valence-electron chi connectivity index (χ0n) is 30.1. The molecule has 1 atom stereocenters. The van der Waals surface area contributed by atoms with Gasteiger partial charge in [-0.05, 0) is 115 Å². The third-order valence-corrected chi connectivity index (χ3v) is 9.23. The van der Waals surface area contributed by atoms with Gasteiger partial charge in [-0.1, -0.05) is 68.3 Å². The van der Waals surface area contributed by atoms with E-state index in [1.807, 2.05) is 30.3 Å². The molecule has 1 aliphatic rings. The van der Waals surface area contributed by atoms with Crippen molar-refractivity contribution in [2.45, 2.75) is 71.0 Å². The predicted octanol–water partition coefficient (Wildman–Crippen LogP) is 11.7. The molecule has 0 fully saturated rings. The fraction of sp³-hybridized carbons (Fsp3) is 0.326. The molecule has 280 valence electrons. The van der Waals surface area contributed by atoms with Crippen LogP contribution in [0.25, 0.3) is 11.1 Å². The first kappa shape index (κ1) is 39.4. The lowest BCUT2D eigenvalue weighted by atomic mass is 10.1. The number of ether oxygens (including phenoxy) is 7. The van der Waals surface area contributed by atoms with E-state index in [2.05, 4.69) is 20.1 Å². The molecule has 0 saturated heterocycles. The van der Waals surface area contributed by atoms with Gasteiger partial charge in [-0.25, -0.2) is 4.79 Å². The normalized spacial score (nSPS) is 11.8. The van der Waals surface area contributed by atoms with Crippen molar-refractivity contribution in [3.8, 4) is 39.9 Å². The SMILES string of the molecule is C=COCCCCCCOc1ccc(C(=O)Oc2ccc3c(c2)Cc2cc(OCOc4ccc(OC(CCCCC)OC=C)c(Cl)c4)ccc2-3)cc1Cl. The van der Waals surface area contributed by atoms with E-state index in [1.54, 1.807) is 42.5 Å². The van der Waals surface area contributed by atoms with E-state index in [9.17, 15) is 4.79 Å². The van der Waals surface area contributed by atoms with E-state index >= 15 is 0 Å². The van der Waals surface area contributed by atoms with Crippen LogP contribution in [0.2, 0.25) is 10.0 Å². The Morgan fingerprint density at radius 3 is 2.08 bits per heavy atom. The number of hydrogen-bond acceptors (Lipinski definition) is 8. The standard InChI is InChI=1S/C43H46Cl2O8/c1-4-7-10-13-42(48-6-3)53-41-21-17-34(28-39(41)45)51-29-50-33-15-18-36-31(25-33)24-32-26-35(16-19-37(32)36)52-43(46)30-14-20-40(38(44)27-30)49-23-12-9-8-11-22-47-5-2/h5-6,14-21,25-28,42H,2-4,7-13,22-24,29H2,1H3. The first-order valence-electron chi connectivity index (χ1n) is 18.0. The number of fused-ring (bicyclic) bond motifs is 3. The summed E-state index contributed by atoms with van der Waals surface area (Å²) in [5.74, 6) is 2.22. The zero-order chi connectivity index (χ0) is 37.4. The Morgan fingerprint density at radius 2 is 1.38 bits per heavy atom. The minimum absolute atomic E-state index is 0.00833. The topological polar surface area (TPSA) is 81.7 Å². The maximum atomic E-state index is 13.0. The van der Waals surface area contributed by atoms with E-state index in [0.717, 1.165) is 73.6 Å². The highest BCUT2D eigenvalue weighted by molar-refractivity contribution is 6.32. The molecule has 0 heterocycles. The van der Waals surface area contributed by atoms with E-state index in [-0.39, 0.29) is 6.79 Å². The third kappa shape index (κ3) is 11.6. The molecule has 0 bridgehead atoms. The molecule has 0 spiro atoms. The van der Waals surface area contributed by atoms with Gasteiger partial charge >= 0.3 is 5.97 Å². The molecule has 0 amide bonds. The largest absolute Gasteiger partial charge is 0.502 e. The van der Waals surface area contributed by atoms with Gasteiger partial charge < -0.3 is 33.2 Å². The molecule has 5 rings (SSSR count). The molecule has 0 aliphatic heterocycles. The molecule has 0 saturated carbocycles. The Bertz CT molecular complexity index is 1840. The van der Waals surface area contributed by atoms with Crippen molar-refractivity contribution in [1.82, 2.24) is 0 Å². The molecule has 4 aromatic carbocycles. The van der Waals surface area contributed by atoms with Crippen LogP contribution >= 0.6 is 23.2 Å². The first-order chi connectivity index (χ1) is 25.9. The highest BCUT2D eigenvalue weighted by Gasteiger charge is 2.21. The predicted molar refractivity (Wildman–Crippen MR) is 209 cm³/mol. The Labute approximate surface area is 322 Å². The van der Waals surface area contributed by atoms with Crippen LogP contribution in [0, 0.1) is 0 Å². The van der Waals surface area contributed by atoms with Crippen molar-refractivity contribution in [3.63, 3.8) is 0 Å². The molecular weight excluding hydrogens is 715 g/mol. The van der Waals surface area contributed by atoms with Crippen LogP contribution in [-0.4, -0.2) is 32.3 Å². The van der Waals surface area contributed by atoms with E-state index in [4.69, 9.17) is 56.4 Å². The molecule has 1 unspecified atom stereocenters. The maximum Gasteiger partial charge on any atom is 0.343 e. The minimum Gasteiger partial charge on any atom is -0.502 e. The summed E-state index contributed by atoms with van der Waals surface area (Å²) in [5.41, 5.74) is 4.68. The van der Waals surface area contributed by atoms with Gasteiger partial charge in [-0.3, -0.25) is 0 Å². The number of esters is 1. The summed E-state index contributed by atoms with van der Waals surface area (Å²) < 4.78 is 39.9. The summed E-state index contributed by atoms with van der Waals surface area (Å²) in [7, 11) is 0. The molecular formula is C43H46Cl2O8. The second-order valence-corrected chi connectivity index (χ2v) is 13.3. The summed E-state index contributed by atoms with van der Waals surface area (Å²) in [6.07, 6.45) is 10.9. The van der Waals surface area contributed by atoms with Gasteiger partial charge in [-0.2, -0.15) is 0 Å². The average Bonchev–Trinajstić information content (AvgIpc) is 3.51. The number of rotatable bonds is 23. The first-order valence-corrected chi connectivity index (χ1v) is 18.8. The quantitative estimate of drug-likeness (QED) is 0.0214. The van der Waals surface area contributed by atoms with Crippen molar-refractivity contribution in [2.75, 3.05) is 20.0 Å².